The molecule has 1 heterocycles. The van der Waals surface area contributed by atoms with E-state index in [1.54, 1.807) is 0 Å². The van der Waals surface area contributed by atoms with E-state index in [-0.39, 0.29) is 6.04 Å². The van der Waals surface area contributed by atoms with E-state index in [4.69, 9.17) is 0 Å². The number of likely N-dealkylation sites (N-methyl/N-ethyl adjacent to an activating group) is 1. The largest absolute Gasteiger partial charge is 0.387 e. The highest BCUT2D eigenvalue weighted by Gasteiger charge is 2.21. The summed E-state index contributed by atoms with van der Waals surface area (Å²) in [4.78, 5) is 2.23. The summed E-state index contributed by atoms with van der Waals surface area (Å²) in [6.45, 7) is 3.72. The second kappa shape index (κ2) is 8.64. The molecule has 0 radical (unpaired) electrons. The van der Waals surface area contributed by atoms with Crippen LogP contribution in [0, 0.1) is 0 Å². The van der Waals surface area contributed by atoms with E-state index in [0.717, 1.165) is 18.7 Å². The van der Waals surface area contributed by atoms with Gasteiger partial charge in [-0.2, -0.15) is 0 Å². The summed E-state index contributed by atoms with van der Waals surface area (Å²) in [5, 5.41) is 12.1. The second-order valence-corrected chi connectivity index (χ2v) is 7.80. The summed E-state index contributed by atoms with van der Waals surface area (Å²) in [6, 6.07) is 29.0. The van der Waals surface area contributed by atoms with Gasteiger partial charge in [0.15, 0.2) is 0 Å². The summed E-state index contributed by atoms with van der Waals surface area (Å²) in [5.74, 6) is 0. The topological polar surface area (TPSA) is 28.4 Å². The minimum atomic E-state index is -0.515. The molecule has 3 nitrogen and oxygen atoms in total. The van der Waals surface area contributed by atoms with E-state index in [0.29, 0.717) is 0 Å². The highest BCUT2D eigenvalue weighted by molar-refractivity contribution is 5.84. The van der Waals surface area contributed by atoms with Crippen LogP contribution in [0.25, 0.3) is 10.9 Å². The van der Waals surface area contributed by atoms with Crippen LogP contribution in [0.1, 0.15) is 29.7 Å². The number of aliphatic hydroxyl groups excluding tert-OH is 1. The molecule has 2 atom stereocenters. The van der Waals surface area contributed by atoms with Gasteiger partial charge in [-0.3, -0.25) is 4.90 Å². The van der Waals surface area contributed by atoms with E-state index in [2.05, 4.69) is 84.2 Å². The monoisotopic (exact) mass is 384 g/mol. The van der Waals surface area contributed by atoms with Crippen LogP contribution in [0.2, 0.25) is 0 Å². The number of aromatic nitrogens is 1. The standard InChI is InChI=1S/C26H28N2O/c1-20(26(29)22-13-7-4-8-14-22)27(2)18-23-19-28(17-21-11-5-3-6-12-21)25-16-10-9-15-24(23)25/h3-16,19-20,26,29H,17-18H2,1-2H3/t20-,26-/m0/s1. The van der Waals surface area contributed by atoms with Crippen molar-refractivity contribution in [3.05, 3.63) is 108 Å². The third kappa shape index (κ3) is 4.26. The molecular formula is C26H28N2O. The molecule has 0 saturated heterocycles. The van der Waals surface area contributed by atoms with Crippen molar-refractivity contribution in [3.63, 3.8) is 0 Å². The Balaban J connectivity index is 1.57. The van der Waals surface area contributed by atoms with E-state index < -0.39 is 6.10 Å². The van der Waals surface area contributed by atoms with Gasteiger partial charge in [-0.1, -0.05) is 78.9 Å². The molecule has 148 valence electrons. The third-order valence-electron chi connectivity index (χ3n) is 5.78. The zero-order valence-electron chi connectivity index (χ0n) is 17.1. The van der Waals surface area contributed by atoms with Gasteiger partial charge in [0.1, 0.15) is 0 Å². The van der Waals surface area contributed by atoms with Crippen LogP contribution in [0.15, 0.2) is 91.1 Å². The third-order valence-corrected chi connectivity index (χ3v) is 5.78. The number of fused-ring (bicyclic) bond motifs is 1. The molecule has 0 fully saturated rings. The first-order valence-electron chi connectivity index (χ1n) is 10.2. The zero-order chi connectivity index (χ0) is 20.2. The highest BCUT2D eigenvalue weighted by Crippen LogP contribution is 2.26. The molecule has 29 heavy (non-hydrogen) atoms. The lowest BCUT2D eigenvalue weighted by molar-refractivity contribution is 0.0690. The summed E-state index contributed by atoms with van der Waals surface area (Å²) < 4.78 is 2.33. The predicted octanol–water partition coefficient (Wildman–Crippen LogP) is 5.24. The lowest BCUT2D eigenvalue weighted by Gasteiger charge is -2.29. The van der Waals surface area contributed by atoms with Gasteiger partial charge in [0.25, 0.3) is 0 Å². The number of aliphatic hydroxyl groups is 1. The Morgan fingerprint density at radius 3 is 2.21 bits per heavy atom. The van der Waals surface area contributed by atoms with Gasteiger partial charge in [0.2, 0.25) is 0 Å². The van der Waals surface area contributed by atoms with Crippen LogP contribution in [-0.2, 0) is 13.1 Å². The van der Waals surface area contributed by atoms with Crippen molar-refractivity contribution in [2.75, 3.05) is 7.05 Å². The summed E-state index contributed by atoms with van der Waals surface area (Å²) in [7, 11) is 2.08. The van der Waals surface area contributed by atoms with Gasteiger partial charge < -0.3 is 9.67 Å². The first kappa shape index (κ1) is 19.4. The molecule has 0 saturated carbocycles. The Kier molecular flexibility index (Phi) is 5.79. The van der Waals surface area contributed by atoms with E-state index in [1.807, 2.05) is 30.3 Å². The Hall–Kier alpha value is -2.88. The molecule has 1 N–H and O–H groups in total. The first-order chi connectivity index (χ1) is 14.1. The van der Waals surface area contributed by atoms with Crippen molar-refractivity contribution in [1.29, 1.82) is 0 Å². The maximum Gasteiger partial charge on any atom is 0.0942 e. The highest BCUT2D eigenvalue weighted by atomic mass is 16.3. The molecule has 4 aromatic rings. The number of para-hydroxylation sites is 1. The van der Waals surface area contributed by atoms with Gasteiger partial charge in [-0.25, -0.2) is 0 Å². The predicted molar refractivity (Wildman–Crippen MR) is 120 cm³/mol. The summed E-state index contributed by atoms with van der Waals surface area (Å²) in [6.07, 6.45) is 1.74. The second-order valence-electron chi connectivity index (χ2n) is 7.80. The van der Waals surface area contributed by atoms with E-state index in [1.165, 1.54) is 22.0 Å². The van der Waals surface area contributed by atoms with Crippen LogP contribution in [-0.4, -0.2) is 27.7 Å². The molecule has 0 amide bonds. The molecule has 0 aliphatic carbocycles. The maximum absolute atomic E-state index is 10.8. The number of hydrogen-bond donors (Lipinski definition) is 1. The smallest absolute Gasteiger partial charge is 0.0942 e. The minimum absolute atomic E-state index is 0.00800. The van der Waals surface area contributed by atoms with Crippen molar-refractivity contribution >= 4 is 10.9 Å². The normalized spacial score (nSPS) is 13.7. The van der Waals surface area contributed by atoms with Gasteiger partial charge in [0, 0.05) is 36.2 Å². The van der Waals surface area contributed by atoms with Crippen LogP contribution in [0.5, 0.6) is 0 Å². The SMILES string of the molecule is C[C@@H]([C@H](O)c1ccccc1)N(C)Cc1cn(Cc2ccccc2)c2ccccc12. The molecule has 4 rings (SSSR count). The molecule has 3 aromatic carbocycles. The molecule has 0 unspecified atom stereocenters. The number of benzene rings is 3. The number of rotatable bonds is 7. The molecule has 0 aliphatic rings. The van der Waals surface area contributed by atoms with Crippen molar-refractivity contribution in [2.24, 2.45) is 0 Å². The van der Waals surface area contributed by atoms with Crippen molar-refractivity contribution < 1.29 is 5.11 Å². The van der Waals surface area contributed by atoms with E-state index >= 15 is 0 Å². The first-order valence-corrected chi connectivity index (χ1v) is 10.2. The average molecular weight is 385 g/mol. The number of nitrogens with zero attached hydrogens (tertiary/aromatic N) is 2. The van der Waals surface area contributed by atoms with Crippen molar-refractivity contribution in [2.45, 2.75) is 32.2 Å². The molecule has 0 spiro atoms. The lowest BCUT2D eigenvalue weighted by Crippen LogP contribution is -2.33. The van der Waals surface area contributed by atoms with Crippen molar-refractivity contribution in [1.82, 2.24) is 9.47 Å². The summed E-state index contributed by atoms with van der Waals surface area (Å²) in [5.41, 5.74) is 4.78. The van der Waals surface area contributed by atoms with E-state index in [9.17, 15) is 5.11 Å². The molecule has 0 aliphatic heterocycles. The Labute approximate surface area is 172 Å². The zero-order valence-corrected chi connectivity index (χ0v) is 17.1. The quantitative estimate of drug-likeness (QED) is 0.472. The van der Waals surface area contributed by atoms with Gasteiger partial charge in [-0.15, -0.1) is 0 Å². The lowest BCUT2D eigenvalue weighted by atomic mass is 10.0. The average Bonchev–Trinajstić information content (AvgIpc) is 3.11. The van der Waals surface area contributed by atoms with Gasteiger partial charge >= 0.3 is 0 Å². The van der Waals surface area contributed by atoms with Gasteiger partial charge in [-0.05, 0) is 36.7 Å². The number of hydrogen-bond acceptors (Lipinski definition) is 2. The van der Waals surface area contributed by atoms with Crippen LogP contribution in [0.4, 0.5) is 0 Å². The Morgan fingerprint density at radius 1 is 0.862 bits per heavy atom. The van der Waals surface area contributed by atoms with Crippen LogP contribution < -0.4 is 0 Å². The minimum Gasteiger partial charge on any atom is -0.387 e. The molecule has 1 aromatic heterocycles. The maximum atomic E-state index is 10.8. The molecule has 3 heteroatoms. The van der Waals surface area contributed by atoms with Crippen molar-refractivity contribution in [3.8, 4) is 0 Å². The fourth-order valence-corrected chi connectivity index (χ4v) is 3.94. The Morgan fingerprint density at radius 2 is 1.48 bits per heavy atom. The summed E-state index contributed by atoms with van der Waals surface area (Å²) >= 11 is 0. The molecule has 0 bridgehead atoms. The molecular weight excluding hydrogens is 356 g/mol. The van der Waals surface area contributed by atoms with Crippen LogP contribution in [0.3, 0.4) is 0 Å². The Bertz CT molecular complexity index is 1060. The fraction of sp³-hybridized carbons (Fsp3) is 0.231. The fourth-order valence-electron chi connectivity index (χ4n) is 3.94. The van der Waals surface area contributed by atoms with Crippen LogP contribution >= 0.6 is 0 Å². The van der Waals surface area contributed by atoms with Gasteiger partial charge in [0.05, 0.1) is 6.10 Å².